The molecule has 5 heteroatoms. The molecule has 24 heavy (non-hydrogen) atoms. The summed E-state index contributed by atoms with van der Waals surface area (Å²) in [5.41, 5.74) is 1.55. The molecular formula is C19H23N3O2. The van der Waals surface area contributed by atoms with E-state index in [-0.39, 0.29) is 5.91 Å². The monoisotopic (exact) mass is 325 g/mol. The first kappa shape index (κ1) is 15.4. The fraction of sp³-hybridized carbons (Fsp3) is 0.526. The molecule has 2 heterocycles. The van der Waals surface area contributed by atoms with Crippen molar-refractivity contribution in [1.29, 1.82) is 0 Å². The van der Waals surface area contributed by atoms with Crippen LogP contribution >= 0.6 is 0 Å². The van der Waals surface area contributed by atoms with Gasteiger partial charge in [0.15, 0.2) is 11.6 Å². The molecule has 5 nitrogen and oxygen atoms in total. The standard InChI is InChI=1S/C19H23N3O2/c23-19(17-13-24-18(21-17)15-4-2-1-3-5-15)22(16-6-7-16)12-14-8-10-20-11-9-14/h8-11,13,15-16H,1-7,12H2. The third kappa shape index (κ3) is 3.35. The molecule has 126 valence electrons. The van der Waals surface area contributed by atoms with Crippen LogP contribution in [-0.4, -0.2) is 26.8 Å². The second kappa shape index (κ2) is 6.75. The number of aromatic nitrogens is 2. The number of nitrogens with zero attached hydrogens (tertiary/aromatic N) is 3. The molecule has 0 aromatic carbocycles. The lowest BCUT2D eigenvalue weighted by Crippen LogP contribution is -2.32. The molecule has 1 amide bonds. The van der Waals surface area contributed by atoms with Crippen molar-refractivity contribution < 1.29 is 9.21 Å². The van der Waals surface area contributed by atoms with Crippen molar-refractivity contribution >= 4 is 5.91 Å². The Bertz CT molecular complexity index is 688. The first-order chi connectivity index (χ1) is 11.8. The average Bonchev–Trinajstić information content (AvgIpc) is 3.36. The molecule has 2 aliphatic rings. The summed E-state index contributed by atoms with van der Waals surface area (Å²) in [6.07, 6.45) is 13.2. The van der Waals surface area contributed by atoms with Gasteiger partial charge in [0.05, 0.1) is 0 Å². The van der Waals surface area contributed by atoms with E-state index in [9.17, 15) is 4.79 Å². The van der Waals surface area contributed by atoms with Crippen molar-refractivity contribution in [2.75, 3.05) is 0 Å². The smallest absolute Gasteiger partial charge is 0.276 e. The summed E-state index contributed by atoms with van der Waals surface area (Å²) in [7, 11) is 0. The molecule has 2 aromatic rings. The molecule has 2 aliphatic carbocycles. The van der Waals surface area contributed by atoms with Crippen LogP contribution in [0.2, 0.25) is 0 Å². The molecule has 0 unspecified atom stereocenters. The van der Waals surface area contributed by atoms with Gasteiger partial charge in [-0.3, -0.25) is 9.78 Å². The van der Waals surface area contributed by atoms with Crippen LogP contribution in [0, 0.1) is 0 Å². The van der Waals surface area contributed by atoms with Crippen molar-refractivity contribution in [3.8, 4) is 0 Å². The Morgan fingerprint density at radius 3 is 2.58 bits per heavy atom. The van der Waals surface area contributed by atoms with Gasteiger partial charge in [0.1, 0.15) is 6.26 Å². The number of rotatable bonds is 5. The lowest BCUT2D eigenvalue weighted by molar-refractivity contribution is 0.0723. The lowest BCUT2D eigenvalue weighted by Gasteiger charge is -2.21. The number of pyridine rings is 1. The number of carbonyl (C=O) groups is 1. The Morgan fingerprint density at radius 2 is 1.88 bits per heavy atom. The second-order valence-electron chi connectivity index (χ2n) is 6.93. The number of hydrogen-bond donors (Lipinski definition) is 0. The van der Waals surface area contributed by atoms with E-state index >= 15 is 0 Å². The first-order valence-corrected chi connectivity index (χ1v) is 8.96. The quantitative estimate of drug-likeness (QED) is 0.836. The largest absolute Gasteiger partial charge is 0.448 e. The Balaban J connectivity index is 1.49. The molecule has 4 rings (SSSR count). The van der Waals surface area contributed by atoms with Gasteiger partial charge in [-0.1, -0.05) is 19.3 Å². The number of carbonyl (C=O) groups excluding carboxylic acids is 1. The molecule has 2 fully saturated rings. The van der Waals surface area contributed by atoms with Gasteiger partial charge in [0.2, 0.25) is 0 Å². The normalized spacial score (nSPS) is 18.5. The van der Waals surface area contributed by atoms with Crippen LogP contribution < -0.4 is 0 Å². The minimum atomic E-state index is -0.0138. The topological polar surface area (TPSA) is 59.2 Å². The van der Waals surface area contributed by atoms with Gasteiger partial charge in [-0.05, 0) is 43.4 Å². The van der Waals surface area contributed by atoms with Gasteiger partial charge in [-0.2, -0.15) is 0 Å². The van der Waals surface area contributed by atoms with E-state index in [0.717, 1.165) is 37.1 Å². The Kier molecular flexibility index (Phi) is 4.32. The van der Waals surface area contributed by atoms with Crippen LogP contribution in [0.15, 0.2) is 35.2 Å². The minimum Gasteiger partial charge on any atom is -0.448 e. The highest BCUT2D eigenvalue weighted by Crippen LogP contribution is 2.33. The van der Waals surface area contributed by atoms with Crippen LogP contribution in [0.3, 0.4) is 0 Å². The number of amides is 1. The predicted molar refractivity (Wildman–Crippen MR) is 89.5 cm³/mol. The maximum atomic E-state index is 12.9. The van der Waals surface area contributed by atoms with Crippen molar-refractivity contribution in [1.82, 2.24) is 14.9 Å². The van der Waals surface area contributed by atoms with Gasteiger partial charge < -0.3 is 9.32 Å². The second-order valence-corrected chi connectivity index (χ2v) is 6.93. The minimum absolute atomic E-state index is 0.0138. The number of hydrogen-bond acceptors (Lipinski definition) is 4. The lowest BCUT2D eigenvalue weighted by atomic mass is 9.89. The molecule has 2 aromatic heterocycles. The zero-order chi connectivity index (χ0) is 16.4. The Labute approximate surface area is 142 Å². The highest BCUT2D eigenvalue weighted by molar-refractivity contribution is 5.92. The summed E-state index contributed by atoms with van der Waals surface area (Å²) in [6, 6.07) is 4.25. The SMILES string of the molecule is O=C(c1coc(C2CCCCC2)n1)N(Cc1ccncc1)C1CC1. The van der Waals surface area contributed by atoms with E-state index in [2.05, 4.69) is 9.97 Å². The zero-order valence-corrected chi connectivity index (χ0v) is 13.9. The predicted octanol–water partition coefficient (Wildman–Crippen LogP) is 3.92. The summed E-state index contributed by atoms with van der Waals surface area (Å²) in [4.78, 5) is 23.4. The van der Waals surface area contributed by atoms with Gasteiger partial charge in [-0.25, -0.2) is 4.98 Å². The van der Waals surface area contributed by atoms with Crippen molar-refractivity contribution in [2.45, 2.75) is 63.5 Å². The van der Waals surface area contributed by atoms with Crippen molar-refractivity contribution in [2.24, 2.45) is 0 Å². The molecule has 0 aliphatic heterocycles. The maximum Gasteiger partial charge on any atom is 0.276 e. The van der Waals surface area contributed by atoms with E-state index in [4.69, 9.17) is 4.42 Å². The van der Waals surface area contributed by atoms with Crippen LogP contribution in [0.5, 0.6) is 0 Å². The molecule has 0 radical (unpaired) electrons. The van der Waals surface area contributed by atoms with Crippen LogP contribution in [-0.2, 0) is 6.54 Å². The summed E-state index contributed by atoms with van der Waals surface area (Å²) in [5, 5.41) is 0. The summed E-state index contributed by atoms with van der Waals surface area (Å²) in [6.45, 7) is 0.609. The van der Waals surface area contributed by atoms with Gasteiger partial charge in [-0.15, -0.1) is 0 Å². The van der Waals surface area contributed by atoms with Crippen molar-refractivity contribution in [3.63, 3.8) is 0 Å². The maximum absolute atomic E-state index is 12.9. The zero-order valence-electron chi connectivity index (χ0n) is 13.9. The molecule has 0 N–H and O–H groups in total. The van der Waals surface area contributed by atoms with Crippen LogP contribution in [0.4, 0.5) is 0 Å². The highest BCUT2D eigenvalue weighted by Gasteiger charge is 2.34. The van der Waals surface area contributed by atoms with E-state index in [0.29, 0.717) is 24.2 Å². The van der Waals surface area contributed by atoms with E-state index in [1.807, 2.05) is 17.0 Å². The first-order valence-electron chi connectivity index (χ1n) is 8.96. The fourth-order valence-corrected chi connectivity index (χ4v) is 3.51. The van der Waals surface area contributed by atoms with Crippen LogP contribution in [0.25, 0.3) is 0 Å². The molecule has 0 spiro atoms. The third-order valence-corrected chi connectivity index (χ3v) is 5.05. The number of oxazole rings is 1. The highest BCUT2D eigenvalue weighted by atomic mass is 16.3. The molecular weight excluding hydrogens is 302 g/mol. The molecule has 0 atom stereocenters. The fourth-order valence-electron chi connectivity index (χ4n) is 3.51. The summed E-state index contributed by atoms with van der Waals surface area (Å²) >= 11 is 0. The van der Waals surface area contributed by atoms with E-state index in [1.54, 1.807) is 18.7 Å². The Hall–Kier alpha value is -2.17. The van der Waals surface area contributed by atoms with Crippen molar-refractivity contribution in [3.05, 3.63) is 47.9 Å². The van der Waals surface area contributed by atoms with Gasteiger partial charge >= 0.3 is 0 Å². The van der Waals surface area contributed by atoms with E-state index in [1.165, 1.54) is 19.3 Å². The summed E-state index contributed by atoms with van der Waals surface area (Å²) in [5.74, 6) is 1.12. The van der Waals surface area contributed by atoms with Gasteiger partial charge in [0, 0.05) is 30.9 Å². The molecule has 2 saturated carbocycles. The molecule has 0 bridgehead atoms. The van der Waals surface area contributed by atoms with E-state index < -0.39 is 0 Å². The molecule has 0 saturated heterocycles. The van der Waals surface area contributed by atoms with Gasteiger partial charge in [0.25, 0.3) is 5.91 Å². The Morgan fingerprint density at radius 1 is 1.12 bits per heavy atom. The summed E-state index contributed by atoms with van der Waals surface area (Å²) < 4.78 is 5.66. The third-order valence-electron chi connectivity index (χ3n) is 5.05. The van der Waals surface area contributed by atoms with Crippen LogP contribution in [0.1, 0.15) is 72.8 Å². The average molecular weight is 325 g/mol.